The van der Waals surface area contributed by atoms with Gasteiger partial charge in [0.15, 0.2) is 0 Å². The summed E-state index contributed by atoms with van der Waals surface area (Å²) < 4.78 is 0. The van der Waals surface area contributed by atoms with Gasteiger partial charge in [0.25, 0.3) is 0 Å². The summed E-state index contributed by atoms with van der Waals surface area (Å²) in [6.07, 6.45) is 0. The minimum atomic E-state index is 1.10. The number of hydrogen-bond donors (Lipinski definition) is 0. The van der Waals surface area contributed by atoms with Crippen molar-refractivity contribution in [1.82, 2.24) is 0 Å². The summed E-state index contributed by atoms with van der Waals surface area (Å²) in [4.78, 5) is 6.97. The van der Waals surface area contributed by atoms with E-state index >= 15 is 0 Å². The van der Waals surface area contributed by atoms with E-state index in [1.807, 2.05) is 0 Å². The Morgan fingerprint density at radius 3 is 0.489 bits per heavy atom. The van der Waals surface area contributed by atoms with E-state index in [4.69, 9.17) is 0 Å². The second-order valence-corrected chi connectivity index (χ2v) is 35.9. The molecule has 0 aliphatic heterocycles. The van der Waals surface area contributed by atoms with E-state index in [1.165, 1.54) is 176 Å². The maximum atomic E-state index is 2.34. The van der Waals surface area contributed by atoms with Crippen molar-refractivity contribution >= 4 is 116 Å². The van der Waals surface area contributed by atoms with E-state index in [1.54, 1.807) is 0 Å². The molecule has 0 saturated heterocycles. The zero-order chi connectivity index (χ0) is 94.0. The molecule has 0 fully saturated rings. The number of anilines is 9. The van der Waals surface area contributed by atoms with Crippen LogP contribution >= 0.6 is 0 Å². The molecule has 0 amide bonds. The van der Waals surface area contributed by atoms with E-state index < -0.39 is 0 Å². The highest BCUT2D eigenvalue weighted by Gasteiger charge is 2.20. The van der Waals surface area contributed by atoms with Crippen LogP contribution in [0, 0.1) is 0 Å². The van der Waals surface area contributed by atoms with Gasteiger partial charge < -0.3 is 14.7 Å². The normalized spacial score (nSPS) is 11.1. The number of fused-ring (bicyclic) bond motifs is 6. The average molecular weight is 1800 g/mol. The first-order chi connectivity index (χ1) is 69.8. The van der Waals surface area contributed by atoms with Crippen LogP contribution in [0.1, 0.15) is 0 Å². The van der Waals surface area contributed by atoms with Gasteiger partial charge in [-0.25, -0.2) is 0 Å². The van der Waals surface area contributed by atoms with Crippen LogP contribution < -0.4 is 14.7 Å². The highest BCUT2D eigenvalue weighted by molar-refractivity contribution is 6.00. The van der Waals surface area contributed by atoms with Gasteiger partial charge in [-0.05, 0) is 309 Å². The third kappa shape index (κ3) is 18.8. The lowest BCUT2D eigenvalue weighted by molar-refractivity contribution is 1.28. The predicted octanol–water partition coefficient (Wildman–Crippen LogP) is 39.1. The molecule has 3 nitrogen and oxygen atoms in total. The van der Waals surface area contributed by atoms with Crippen molar-refractivity contribution in [2.24, 2.45) is 0 Å². The van der Waals surface area contributed by atoms with Crippen LogP contribution in [-0.2, 0) is 0 Å². The van der Waals surface area contributed by atoms with Crippen LogP contribution in [0.2, 0.25) is 0 Å². The van der Waals surface area contributed by atoms with Crippen LogP contribution in [-0.4, -0.2) is 0 Å². The summed E-state index contributed by atoms with van der Waals surface area (Å²) in [7, 11) is 0. The molecule has 0 radical (unpaired) electrons. The van der Waals surface area contributed by atoms with Gasteiger partial charge in [-0.1, -0.05) is 455 Å². The SMILES string of the molecule is c1ccc(-c2ccc(N(c3ccc(-c4ccc(-c5ccc6ccccc6c5)cc4)cc3)c3ccc(-c4ccc(-c5ccc6ccccc6c5)cc4)cc3)cc2)cc1.c1ccc(N(c2ccc(-c3ccc(-c4cccc5ccccc45)cc3)cc2)c2ccc(-c3ccc4ccccc4c3)cc2)cc1.c1ccc(N(c2ccc(-c3ccc4ccccc4c3)cc2)c2ccc(-c3cccc4ccccc34)cc2)cc1. The number of hydrogen-bond acceptors (Lipinski definition) is 3. The molecule has 0 aromatic heterocycles. The van der Waals surface area contributed by atoms with Gasteiger partial charge in [0.05, 0.1) is 0 Å². The van der Waals surface area contributed by atoms with Gasteiger partial charge in [-0.3, -0.25) is 0 Å². The number of rotatable bonds is 19. The minimum Gasteiger partial charge on any atom is -0.311 e. The Balaban J connectivity index is 0.000000120. The quantitative estimate of drug-likeness (QED) is 0.0799. The summed E-state index contributed by atoms with van der Waals surface area (Å²) >= 11 is 0. The lowest BCUT2D eigenvalue weighted by atomic mass is 9.96. The van der Waals surface area contributed by atoms with Crippen molar-refractivity contribution in [3.63, 3.8) is 0 Å². The molecule has 0 aliphatic rings. The first-order valence-electron chi connectivity index (χ1n) is 48.4. The molecule has 664 valence electrons. The lowest BCUT2D eigenvalue weighted by Gasteiger charge is -2.26. The van der Waals surface area contributed by atoms with Crippen LogP contribution in [0.5, 0.6) is 0 Å². The first kappa shape index (κ1) is 86.6. The standard InChI is InChI=1S/C56H39N.C44H31N.C38H27N/c1-2-8-40(9-3-1)45-26-32-54(33-27-45)57(55-34-28-46(29-35-55)43-14-18-48(19-15-43)52-24-22-41-10-4-6-12-50(41)38-52)56-36-30-47(31-37-56)44-16-20-49(21-17-44)53-25-23-42-11-5-7-13-51(42)39-53;1-2-13-40(14-3-1)45(42-29-25-35(26-30-42)39-22-19-32-9-4-5-11-38(32)31-39)41-27-23-34(24-28-41)33-17-20-37(21-18-33)44-16-8-12-36-10-6-7-15-43(36)44;1-2-13-34(14-3-1)39(35-23-19-29(20-24-35)33-18-17-28-9-4-5-11-32(28)27-33)36-25-21-31(22-26-36)38-16-8-12-30-10-6-7-15-37(30)38/h1-39H;1-31H;1-27H. The third-order valence-corrected chi connectivity index (χ3v) is 27.2. The van der Waals surface area contributed by atoms with Gasteiger partial charge in [0, 0.05) is 51.2 Å². The average Bonchev–Trinajstić information content (AvgIpc) is 0.789. The van der Waals surface area contributed by atoms with Gasteiger partial charge in [0.2, 0.25) is 0 Å². The zero-order valence-corrected chi connectivity index (χ0v) is 77.8. The third-order valence-electron chi connectivity index (χ3n) is 27.2. The van der Waals surface area contributed by atoms with E-state index in [-0.39, 0.29) is 0 Å². The van der Waals surface area contributed by atoms with Gasteiger partial charge in [0.1, 0.15) is 0 Å². The van der Waals surface area contributed by atoms with Crippen LogP contribution in [0.3, 0.4) is 0 Å². The zero-order valence-electron chi connectivity index (χ0n) is 77.8. The molecule has 0 aliphatic carbocycles. The molecule has 25 rings (SSSR count). The molecule has 0 spiro atoms. The summed E-state index contributed by atoms with van der Waals surface area (Å²) in [5.74, 6) is 0. The van der Waals surface area contributed by atoms with E-state index in [2.05, 4.69) is 603 Å². The van der Waals surface area contributed by atoms with Crippen LogP contribution in [0.25, 0.3) is 176 Å². The lowest BCUT2D eigenvalue weighted by Crippen LogP contribution is -2.09. The molecule has 25 aromatic rings. The van der Waals surface area contributed by atoms with E-state index in [0.29, 0.717) is 0 Å². The van der Waals surface area contributed by atoms with Crippen LogP contribution in [0.4, 0.5) is 51.2 Å². The molecule has 0 N–H and O–H groups in total. The Kier molecular flexibility index (Phi) is 24.4. The molecular weight excluding hydrogens is 1700 g/mol. The Labute approximate surface area is 824 Å². The van der Waals surface area contributed by atoms with Crippen molar-refractivity contribution in [3.8, 4) is 111 Å². The fraction of sp³-hybridized carbons (Fsp3) is 0. The van der Waals surface area contributed by atoms with E-state index in [0.717, 1.165) is 51.2 Å². The molecule has 0 heterocycles. The largest absolute Gasteiger partial charge is 0.311 e. The van der Waals surface area contributed by atoms with Gasteiger partial charge >= 0.3 is 0 Å². The van der Waals surface area contributed by atoms with Crippen LogP contribution in [0.15, 0.2) is 588 Å². The molecule has 0 bridgehead atoms. The first-order valence-corrected chi connectivity index (χ1v) is 48.4. The van der Waals surface area contributed by atoms with E-state index in [9.17, 15) is 0 Å². The Hall–Kier alpha value is -18.5. The second-order valence-electron chi connectivity index (χ2n) is 35.9. The highest BCUT2D eigenvalue weighted by atomic mass is 15.2. The topological polar surface area (TPSA) is 9.72 Å². The maximum absolute atomic E-state index is 2.34. The van der Waals surface area contributed by atoms with Gasteiger partial charge in [-0.2, -0.15) is 0 Å². The molecule has 141 heavy (non-hydrogen) atoms. The Bertz CT molecular complexity index is 8500. The smallest absolute Gasteiger partial charge is 0.0462 e. The molecule has 0 atom stereocenters. The summed E-state index contributed by atoms with van der Waals surface area (Å²) in [5.41, 5.74) is 34.4. The van der Waals surface area contributed by atoms with Crippen molar-refractivity contribution in [2.75, 3.05) is 14.7 Å². The monoisotopic (exact) mass is 1800 g/mol. The van der Waals surface area contributed by atoms with Crippen molar-refractivity contribution in [3.05, 3.63) is 588 Å². The number of benzene rings is 25. The van der Waals surface area contributed by atoms with Crippen molar-refractivity contribution < 1.29 is 0 Å². The molecule has 0 saturated carbocycles. The summed E-state index contributed by atoms with van der Waals surface area (Å²) in [5, 5.41) is 15.2. The fourth-order valence-corrected chi connectivity index (χ4v) is 19.7. The Morgan fingerprint density at radius 1 is 0.0851 bits per heavy atom. The molecule has 3 heteroatoms. The summed E-state index contributed by atoms with van der Waals surface area (Å²) in [6.45, 7) is 0. The van der Waals surface area contributed by atoms with Crippen molar-refractivity contribution in [2.45, 2.75) is 0 Å². The fourth-order valence-electron chi connectivity index (χ4n) is 19.7. The predicted molar refractivity (Wildman–Crippen MR) is 603 cm³/mol. The molecule has 0 unspecified atom stereocenters. The Morgan fingerprint density at radius 2 is 0.241 bits per heavy atom. The highest BCUT2D eigenvalue weighted by Crippen LogP contribution is 2.45. The minimum absolute atomic E-state index is 1.10. The second kappa shape index (κ2) is 39.8. The van der Waals surface area contributed by atoms with Gasteiger partial charge in [-0.15, -0.1) is 0 Å². The summed E-state index contributed by atoms with van der Waals surface area (Å²) in [6, 6.07) is 212. The van der Waals surface area contributed by atoms with Crippen molar-refractivity contribution in [1.29, 1.82) is 0 Å². The maximum Gasteiger partial charge on any atom is 0.0462 e. The molecule has 25 aromatic carbocycles. The number of nitrogens with zero attached hydrogens (tertiary/aromatic N) is 3. The molecular formula is C138H97N3. The number of para-hydroxylation sites is 2.